The number of carboxylic acids is 1. The lowest BCUT2D eigenvalue weighted by atomic mass is 10.2. The summed E-state index contributed by atoms with van der Waals surface area (Å²) in [5.74, 6) is -0.925. The summed E-state index contributed by atoms with van der Waals surface area (Å²) in [5.41, 5.74) is 1.00. The lowest BCUT2D eigenvalue weighted by Crippen LogP contribution is -2.60. The van der Waals surface area contributed by atoms with Crippen molar-refractivity contribution in [3.05, 3.63) is 35.9 Å². The van der Waals surface area contributed by atoms with Crippen LogP contribution in [0.2, 0.25) is 0 Å². The molecule has 1 N–H and O–H groups in total. The molecule has 0 radical (unpaired) electrons. The summed E-state index contributed by atoms with van der Waals surface area (Å²) in [4.78, 5) is 22.8. The van der Waals surface area contributed by atoms with Crippen molar-refractivity contribution in [2.45, 2.75) is 29.7 Å². The maximum absolute atomic E-state index is 12.4. The average molecular weight is 342 g/mol. The van der Waals surface area contributed by atoms with E-state index in [0.717, 1.165) is 5.56 Å². The van der Waals surface area contributed by atoms with Crippen LogP contribution in [-0.4, -0.2) is 51.2 Å². The Morgan fingerprint density at radius 3 is 2.27 bits per heavy atom. The van der Waals surface area contributed by atoms with E-state index in [1.165, 1.54) is 28.7 Å². The molecule has 2 atom stereocenters. The lowest BCUT2D eigenvalue weighted by molar-refractivity contribution is -0.165. The molecular weight excluding hydrogens is 320 g/mol. The van der Waals surface area contributed by atoms with Crippen molar-refractivity contribution in [2.24, 2.45) is 0 Å². The number of benzene rings is 1. The standard InChI is InChI=1S/C15H22N2O3S2/c1-11(21)13(18)17(16(3)4)15(2,14(19)20)22-10-12-8-6-5-7-9-12/h5-9,11,21H,10H2,1-4H3,(H,19,20)/t11-,15?/m1/s1. The summed E-state index contributed by atoms with van der Waals surface area (Å²) in [6.45, 7) is 3.17. The van der Waals surface area contributed by atoms with Gasteiger partial charge in [-0.2, -0.15) is 12.6 Å². The first kappa shape index (κ1) is 18.9. The largest absolute Gasteiger partial charge is 0.479 e. The van der Waals surface area contributed by atoms with Gasteiger partial charge in [-0.05, 0) is 19.4 Å². The first-order valence-corrected chi connectivity index (χ1v) is 8.31. The van der Waals surface area contributed by atoms with Crippen LogP contribution >= 0.6 is 24.4 Å². The number of hydrogen-bond donors (Lipinski definition) is 2. The summed E-state index contributed by atoms with van der Waals surface area (Å²) in [6, 6.07) is 9.57. The molecule has 22 heavy (non-hydrogen) atoms. The van der Waals surface area contributed by atoms with Crippen LogP contribution in [-0.2, 0) is 15.3 Å². The minimum Gasteiger partial charge on any atom is -0.479 e. The van der Waals surface area contributed by atoms with E-state index < -0.39 is 16.1 Å². The lowest BCUT2D eigenvalue weighted by Gasteiger charge is -2.41. The molecule has 0 aliphatic carbocycles. The van der Waals surface area contributed by atoms with Crippen molar-refractivity contribution in [3.63, 3.8) is 0 Å². The van der Waals surface area contributed by atoms with Gasteiger partial charge in [0.05, 0.1) is 5.25 Å². The molecule has 5 nitrogen and oxygen atoms in total. The zero-order valence-corrected chi connectivity index (χ0v) is 14.9. The minimum atomic E-state index is -1.41. The first-order valence-electron chi connectivity index (χ1n) is 6.80. The zero-order valence-electron chi connectivity index (χ0n) is 13.2. The Balaban J connectivity index is 3.06. The maximum atomic E-state index is 12.4. The van der Waals surface area contributed by atoms with E-state index >= 15 is 0 Å². The van der Waals surface area contributed by atoms with E-state index in [4.69, 9.17) is 0 Å². The molecule has 1 amide bonds. The van der Waals surface area contributed by atoms with Crippen molar-refractivity contribution in [1.82, 2.24) is 10.0 Å². The number of aliphatic carboxylic acids is 1. The average Bonchev–Trinajstić information content (AvgIpc) is 2.45. The highest BCUT2D eigenvalue weighted by molar-refractivity contribution is 8.00. The molecule has 1 aromatic rings. The number of carbonyl (C=O) groups is 2. The highest BCUT2D eigenvalue weighted by Crippen LogP contribution is 2.34. The fraction of sp³-hybridized carbons (Fsp3) is 0.467. The van der Waals surface area contributed by atoms with Gasteiger partial charge in [0.25, 0.3) is 5.91 Å². The molecule has 0 aliphatic rings. The van der Waals surface area contributed by atoms with Gasteiger partial charge in [0.2, 0.25) is 0 Å². The van der Waals surface area contributed by atoms with Crippen LogP contribution in [0.25, 0.3) is 0 Å². The topological polar surface area (TPSA) is 60.9 Å². The van der Waals surface area contributed by atoms with Crippen molar-refractivity contribution in [1.29, 1.82) is 0 Å². The van der Waals surface area contributed by atoms with Gasteiger partial charge in [-0.15, -0.1) is 11.8 Å². The molecular formula is C15H22N2O3S2. The van der Waals surface area contributed by atoms with Crippen molar-refractivity contribution in [2.75, 3.05) is 14.1 Å². The van der Waals surface area contributed by atoms with Gasteiger partial charge in [-0.3, -0.25) is 4.79 Å². The van der Waals surface area contributed by atoms with Crippen LogP contribution in [0.1, 0.15) is 19.4 Å². The number of carboxylic acid groups (broad SMARTS) is 1. The minimum absolute atomic E-state index is 0.348. The predicted octanol–water partition coefficient (Wildman–Crippen LogP) is 2.34. The summed E-state index contributed by atoms with van der Waals surface area (Å²) in [5, 5.41) is 11.9. The Morgan fingerprint density at radius 2 is 1.86 bits per heavy atom. The van der Waals surface area contributed by atoms with E-state index in [1.807, 2.05) is 30.3 Å². The Hall–Kier alpha value is -1.18. The number of hydrazine groups is 1. The smallest absolute Gasteiger partial charge is 0.341 e. The fourth-order valence-corrected chi connectivity index (χ4v) is 3.23. The molecule has 0 aliphatic heterocycles. The van der Waals surface area contributed by atoms with E-state index in [1.54, 1.807) is 21.0 Å². The molecule has 0 spiro atoms. The van der Waals surface area contributed by atoms with Crippen LogP contribution < -0.4 is 0 Å². The second-order valence-corrected chi connectivity index (χ2v) is 7.38. The Morgan fingerprint density at radius 1 is 1.32 bits per heavy atom. The third-order valence-electron chi connectivity index (χ3n) is 3.13. The molecule has 1 rings (SSSR count). The number of amides is 1. The van der Waals surface area contributed by atoms with Crippen molar-refractivity contribution in [3.8, 4) is 0 Å². The number of rotatable bonds is 7. The number of nitrogens with zero attached hydrogens (tertiary/aromatic N) is 2. The van der Waals surface area contributed by atoms with Crippen LogP contribution in [0.4, 0.5) is 0 Å². The van der Waals surface area contributed by atoms with E-state index in [0.29, 0.717) is 5.75 Å². The highest BCUT2D eigenvalue weighted by atomic mass is 32.2. The first-order chi connectivity index (χ1) is 10.2. The third-order valence-corrected chi connectivity index (χ3v) is 4.74. The molecule has 0 aromatic heterocycles. The van der Waals surface area contributed by atoms with E-state index in [2.05, 4.69) is 12.6 Å². The van der Waals surface area contributed by atoms with Crippen LogP contribution in [0.15, 0.2) is 30.3 Å². The van der Waals surface area contributed by atoms with Gasteiger partial charge in [0.1, 0.15) is 0 Å². The summed E-state index contributed by atoms with van der Waals surface area (Å²) < 4.78 is 0. The summed E-state index contributed by atoms with van der Waals surface area (Å²) in [7, 11) is 3.30. The number of thioether (sulfide) groups is 1. The molecule has 1 unspecified atom stereocenters. The molecule has 1 aromatic carbocycles. The van der Waals surface area contributed by atoms with Gasteiger partial charge in [0, 0.05) is 19.8 Å². The maximum Gasteiger partial charge on any atom is 0.341 e. The molecule has 0 fully saturated rings. The monoisotopic (exact) mass is 342 g/mol. The number of carbonyl (C=O) groups excluding carboxylic acids is 1. The molecule has 0 saturated carbocycles. The molecule has 122 valence electrons. The molecule has 0 bridgehead atoms. The van der Waals surface area contributed by atoms with E-state index in [9.17, 15) is 14.7 Å². The Labute approximate surface area is 141 Å². The summed E-state index contributed by atoms with van der Waals surface area (Å²) in [6.07, 6.45) is 0. The molecule has 0 heterocycles. The Bertz CT molecular complexity index is 523. The third kappa shape index (κ3) is 4.41. The second-order valence-electron chi connectivity index (χ2n) is 5.24. The molecule has 7 heteroatoms. The van der Waals surface area contributed by atoms with Gasteiger partial charge >= 0.3 is 5.97 Å². The Kier molecular flexibility index (Phi) is 6.77. The SMILES string of the molecule is C[C@@H](S)C(=O)N(N(C)C)C(C)(SCc1ccccc1)C(=O)O. The van der Waals surface area contributed by atoms with Crippen LogP contribution in [0, 0.1) is 0 Å². The normalized spacial score (nSPS) is 15.2. The number of thiol groups is 1. The van der Waals surface area contributed by atoms with Crippen LogP contribution in [0.5, 0.6) is 0 Å². The van der Waals surface area contributed by atoms with Gasteiger partial charge in [-0.25, -0.2) is 14.8 Å². The quantitative estimate of drug-likeness (QED) is 0.452. The van der Waals surface area contributed by atoms with Crippen molar-refractivity contribution >= 4 is 36.3 Å². The summed E-state index contributed by atoms with van der Waals surface area (Å²) >= 11 is 5.34. The molecule has 0 saturated heterocycles. The van der Waals surface area contributed by atoms with Gasteiger partial charge < -0.3 is 5.11 Å². The van der Waals surface area contributed by atoms with Crippen molar-refractivity contribution < 1.29 is 14.7 Å². The predicted molar refractivity (Wildman–Crippen MR) is 92.8 cm³/mol. The second kappa shape index (κ2) is 7.89. The zero-order chi connectivity index (χ0) is 16.9. The number of hydrogen-bond acceptors (Lipinski definition) is 5. The van der Waals surface area contributed by atoms with E-state index in [-0.39, 0.29) is 5.91 Å². The fourth-order valence-electron chi connectivity index (χ4n) is 1.98. The van der Waals surface area contributed by atoms with Crippen LogP contribution in [0.3, 0.4) is 0 Å². The van der Waals surface area contributed by atoms with Gasteiger partial charge in [0.15, 0.2) is 4.87 Å². The highest BCUT2D eigenvalue weighted by Gasteiger charge is 2.45. The van der Waals surface area contributed by atoms with Gasteiger partial charge in [-0.1, -0.05) is 30.3 Å².